The van der Waals surface area contributed by atoms with Crippen LogP contribution in [-0.4, -0.2) is 28.4 Å². The van der Waals surface area contributed by atoms with Gasteiger partial charge in [0.15, 0.2) is 0 Å². The van der Waals surface area contributed by atoms with E-state index in [4.69, 9.17) is 0 Å². The third-order valence-electron chi connectivity index (χ3n) is 4.37. The molecule has 132 valence electrons. The van der Waals surface area contributed by atoms with Gasteiger partial charge in [-0.1, -0.05) is 20.3 Å². The zero-order valence-electron chi connectivity index (χ0n) is 15.1. The first-order valence-corrected chi connectivity index (χ1v) is 8.62. The van der Waals surface area contributed by atoms with E-state index < -0.39 is 0 Å². The monoisotopic (exact) mass is 333 g/mol. The molecule has 24 heavy (non-hydrogen) atoms. The number of aryl methyl sites for hydroxylation is 1. The molecule has 0 saturated heterocycles. The van der Waals surface area contributed by atoms with Gasteiger partial charge in [-0.25, -0.2) is 4.39 Å². The highest BCUT2D eigenvalue weighted by Crippen LogP contribution is 2.22. The van der Waals surface area contributed by atoms with Crippen molar-refractivity contribution < 1.29 is 4.39 Å². The number of hydrogen-bond donors (Lipinski definition) is 1. The van der Waals surface area contributed by atoms with Gasteiger partial charge < -0.3 is 14.8 Å². The van der Waals surface area contributed by atoms with E-state index in [0.29, 0.717) is 19.0 Å². The Morgan fingerprint density at radius 2 is 2.08 bits per heavy atom. The zero-order chi connectivity index (χ0) is 17.5. The first kappa shape index (κ1) is 18.4. The van der Waals surface area contributed by atoms with Crippen molar-refractivity contribution in [2.45, 2.75) is 46.8 Å². The Morgan fingerprint density at radius 3 is 2.79 bits per heavy atom. The van der Waals surface area contributed by atoms with E-state index in [9.17, 15) is 4.39 Å². The van der Waals surface area contributed by atoms with Crippen molar-refractivity contribution in [3.63, 3.8) is 0 Å². The van der Waals surface area contributed by atoms with Crippen molar-refractivity contribution in [3.05, 3.63) is 41.7 Å². The normalized spacial score (nSPS) is 12.4. The van der Waals surface area contributed by atoms with Crippen LogP contribution in [0.1, 0.15) is 38.6 Å². The van der Waals surface area contributed by atoms with Crippen molar-refractivity contribution in [2.75, 3.05) is 18.5 Å². The Kier molecular flexibility index (Phi) is 6.73. The molecule has 0 amide bonds. The van der Waals surface area contributed by atoms with E-state index in [2.05, 4.69) is 48.2 Å². The second kappa shape index (κ2) is 8.78. The molecule has 1 aromatic heterocycles. The number of hydrogen-bond acceptors (Lipinski definition) is 4. The standard InChI is InChI=1S/C18H28FN5/c1-5-14(3)12-23(4)17-8-7-16(19)9-15(17)10-20-11-18-22-21-13-24(18)6-2/h7-9,13-14,20H,5-6,10-12H2,1-4H3/t14-/m1/s1. The molecule has 1 heterocycles. The van der Waals surface area contributed by atoms with Crippen LogP contribution in [0.25, 0.3) is 0 Å². The van der Waals surface area contributed by atoms with Crippen LogP contribution in [0.4, 0.5) is 10.1 Å². The number of rotatable bonds is 9. The lowest BCUT2D eigenvalue weighted by atomic mass is 10.1. The van der Waals surface area contributed by atoms with Gasteiger partial charge in [0.05, 0.1) is 6.54 Å². The number of benzene rings is 1. The van der Waals surface area contributed by atoms with Crippen LogP contribution in [-0.2, 0) is 19.6 Å². The molecule has 0 bridgehead atoms. The maximum Gasteiger partial charge on any atom is 0.146 e. The second-order valence-electron chi connectivity index (χ2n) is 6.30. The predicted octanol–water partition coefficient (Wildman–Crippen LogP) is 3.21. The summed E-state index contributed by atoms with van der Waals surface area (Å²) in [4.78, 5) is 2.21. The van der Waals surface area contributed by atoms with Crippen LogP contribution < -0.4 is 10.2 Å². The van der Waals surface area contributed by atoms with Crippen LogP contribution in [0.2, 0.25) is 0 Å². The van der Waals surface area contributed by atoms with E-state index in [1.54, 1.807) is 12.4 Å². The Bertz CT molecular complexity index is 640. The van der Waals surface area contributed by atoms with Crippen molar-refractivity contribution in [3.8, 4) is 0 Å². The highest BCUT2D eigenvalue weighted by atomic mass is 19.1. The van der Waals surface area contributed by atoms with Crippen LogP contribution in [0.5, 0.6) is 0 Å². The van der Waals surface area contributed by atoms with Gasteiger partial charge in [-0.2, -0.15) is 0 Å². The molecule has 0 unspecified atom stereocenters. The maximum atomic E-state index is 13.7. The summed E-state index contributed by atoms with van der Waals surface area (Å²) in [6, 6.07) is 5.00. The first-order valence-electron chi connectivity index (χ1n) is 8.62. The summed E-state index contributed by atoms with van der Waals surface area (Å²) in [5.74, 6) is 1.29. The van der Waals surface area contributed by atoms with Gasteiger partial charge in [-0.3, -0.25) is 0 Å². The van der Waals surface area contributed by atoms with Crippen molar-refractivity contribution in [2.24, 2.45) is 5.92 Å². The molecule has 0 aliphatic heterocycles. The first-order chi connectivity index (χ1) is 11.5. The fourth-order valence-corrected chi connectivity index (χ4v) is 2.75. The summed E-state index contributed by atoms with van der Waals surface area (Å²) in [6.45, 7) is 9.48. The summed E-state index contributed by atoms with van der Waals surface area (Å²) >= 11 is 0. The fourth-order valence-electron chi connectivity index (χ4n) is 2.75. The average molecular weight is 333 g/mol. The predicted molar refractivity (Wildman–Crippen MR) is 95.4 cm³/mol. The Labute approximate surface area is 143 Å². The van der Waals surface area contributed by atoms with Crippen LogP contribution in [0.3, 0.4) is 0 Å². The van der Waals surface area contributed by atoms with Crippen LogP contribution in [0, 0.1) is 11.7 Å². The van der Waals surface area contributed by atoms with E-state index in [0.717, 1.165) is 36.6 Å². The van der Waals surface area contributed by atoms with Crippen molar-refractivity contribution >= 4 is 5.69 Å². The quantitative estimate of drug-likeness (QED) is 0.765. The molecule has 0 spiro atoms. The summed E-state index contributed by atoms with van der Waals surface area (Å²) in [5, 5.41) is 11.4. The molecule has 2 rings (SSSR count). The summed E-state index contributed by atoms with van der Waals surface area (Å²) in [5.41, 5.74) is 2.03. The van der Waals surface area contributed by atoms with Gasteiger partial charge in [-0.15, -0.1) is 10.2 Å². The fraction of sp³-hybridized carbons (Fsp3) is 0.556. The molecule has 0 fully saturated rings. The Morgan fingerprint density at radius 1 is 1.29 bits per heavy atom. The molecule has 1 aromatic carbocycles. The third kappa shape index (κ3) is 4.77. The zero-order valence-corrected chi connectivity index (χ0v) is 15.1. The molecule has 0 aliphatic rings. The van der Waals surface area contributed by atoms with Gasteiger partial charge in [0.1, 0.15) is 18.0 Å². The number of nitrogens with one attached hydrogen (secondary N) is 1. The minimum absolute atomic E-state index is 0.204. The maximum absolute atomic E-state index is 13.7. The summed E-state index contributed by atoms with van der Waals surface area (Å²) in [6.07, 6.45) is 2.86. The smallest absolute Gasteiger partial charge is 0.146 e. The van der Waals surface area contributed by atoms with E-state index in [1.807, 2.05) is 10.6 Å². The molecule has 0 radical (unpaired) electrons. The number of aromatic nitrogens is 3. The lowest BCUT2D eigenvalue weighted by molar-refractivity contribution is 0.556. The number of halogens is 1. The molecule has 0 saturated carbocycles. The topological polar surface area (TPSA) is 46.0 Å². The van der Waals surface area contributed by atoms with Gasteiger partial charge >= 0.3 is 0 Å². The summed E-state index contributed by atoms with van der Waals surface area (Å²) in [7, 11) is 2.07. The number of nitrogens with zero attached hydrogens (tertiary/aromatic N) is 4. The highest BCUT2D eigenvalue weighted by molar-refractivity contribution is 5.53. The van der Waals surface area contributed by atoms with E-state index >= 15 is 0 Å². The second-order valence-corrected chi connectivity index (χ2v) is 6.30. The van der Waals surface area contributed by atoms with Gasteiger partial charge in [0, 0.05) is 32.4 Å². The van der Waals surface area contributed by atoms with Crippen LogP contribution in [0.15, 0.2) is 24.5 Å². The molecular formula is C18H28FN5. The molecule has 6 heteroatoms. The van der Waals surface area contributed by atoms with Crippen molar-refractivity contribution in [1.82, 2.24) is 20.1 Å². The molecule has 2 aromatic rings. The number of anilines is 1. The minimum atomic E-state index is -0.204. The largest absolute Gasteiger partial charge is 0.374 e. The molecule has 0 aliphatic carbocycles. The van der Waals surface area contributed by atoms with Crippen molar-refractivity contribution in [1.29, 1.82) is 0 Å². The van der Waals surface area contributed by atoms with E-state index in [1.165, 1.54) is 6.07 Å². The lowest BCUT2D eigenvalue weighted by Crippen LogP contribution is -2.26. The van der Waals surface area contributed by atoms with Gasteiger partial charge in [0.25, 0.3) is 0 Å². The SMILES string of the molecule is CC[C@@H](C)CN(C)c1ccc(F)cc1CNCc1nncn1CC. The highest BCUT2D eigenvalue weighted by Gasteiger charge is 2.11. The minimum Gasteiger partial charge on any atom is -0.374 e. The molecule has 1 atom stereocenters. The molecule has 5 nitrogen and oxygen atoms in total. The average Bonchev–Trinajstić information content (AvgIpc) is 3.02. The van der Waals surface area contributed by atoms with E-state index in [-0.39, 0.29) is 5.82 Å². The Hall–Kier alpha value is -1.95. The Balaban J connectivity index is 2.04. The van der Waals surface area contributed by atoms with Crippen LogP contribution >= 0.6 is 0 Å². The van der Waals surface area contributed by atoms with Gasteiger partial charge in [0.2, 0.25) is 0 Å². The summed E-state index contributed by atoms with van der Waals surface area (Å²) < 4.78 is 15.7. The van der Waals surface area contributed by atoms with Gasteiger partial charge in [-0.05, 0) is 36.6 Å². The molecular weight excluding hydrogens is 305 g/mol. The lowest BCUT2D eigenvalue weighted by Gasteiger charge is -2.25. The molecule has 1 N–H and O–H groups in total. The third-order valence-corrected chi connectivity index (χ3v) is 4.37.